The van der Waals surface area contributed by atoms with E-state index in [1.54, 1.807) is 29.6 Å². The molecular weight excluding hydrogens is 441 g/mol. The number of methoxy groups -OCH3 is 1. The first-order valence-electron chi connectivity index (χ1n) is 9.40. The van der Waals surface area contributed by atoms with E-state index in [0.29, 0.717) is 34.1 Å². The largest absolute Gasteiger partial charge is 0.494 e. The van der Waals surface area contributed by atoms with Gasteiger partial charge in [-0.2, -0.15) is 0 Å². The maximum Gasteiger partial charge on any atom is 0.257 e. The number of carbonyl (C=O) groups excluding carboxylic acids is 1. The second-order valence-electron chi connectivity index (χ2n) is 7.30. The first-order valence-corrected chi connectivity index (χ1v) is 12.1. The molecule has 10 heteroatoms. The minimum atomic E-state index is -3.39. The van der Waals surface area contributed by atoms with Crippen LogP contribution in [0.5, 0.6) is 5.75 Å². The summed E-state index contributed by atoms with van der Waals surface area (Å²) in [4.78, 5) is 17.1. The Morgan fingerprint density at radius 3 is 2.74 bits per heavy atom. The van der Waals surface area contributed by atoms with Crippen molar-refractivity contribution in [2.45, 2.75) is 19.4 Å². The van der Waals surface area contributed by atoms with Crippen molar-refractivity contribution >= 4 is 38.1 Å². The van der Waals surface area contributed by atoms with Crippen LogP contribution in [0.1, 0.15) is 22.8 Å². The van der Waals surface area contributed by atoms with Gasteiger partial charge in [-0.3, -0.25) is 14.4 Å². The molecule has 1 unspecified atom stereocenters. The van der Waals surface area contributed by atoms with Gasteiger partial charge in [0.25, 0.3) is 5.91 Å². The van der Waals surface area contributed by atoms with Gasteiger partial charge in [-0.05, 0) is 55.3 Å². The number of thiazole rings is 1. The first-order chi connectivity index (χ1) is 14.7. The number of nitrogens with zero attached hydrogens (tertiary/aromatic N) is 2. The van der Waals surface area contributed by atoms with Gasteiger partial charge in [-0.15, -0.1) is 11.3 Å². The number of halogens is 1. The third-order valence-corrected chi connectivity index (χ3v) is 7.05. The molecule has 3 aromatic rings. The average Bonchev–Trinajstić information content (AvgIpc) is 3.30. The van der Waals surface area contributed by atoms with Crippen LogP contribution < -0.4 is 14.4 Å². The van der Waals surface area contributed by atoms with Gasteiger partial charge in [0.15, 0.2) is 16.7 Å². The van der Waals surface area contributed by atoms with Crippen molar-refractivity contribution < 1.29 is 22.3 Å². The Hall–Kier alpha value is -2.98. The molecule has 0 fully saturated rings. The number of carbonyl (C=O) groups is 1. The van der Waals surface area contributed by atoms with Crippen molar-refractivity contribution in [2.24, 2.45) is 0 Å². The summed E-state index contributed by atoms with van der Waals surface area (Å²) in [6.07, 6.45) is 1.71. The normalized spacial score (nSPS) is 15.6. The molecule has 0 saturated heterocycles. The third-order valence-electron chi connectivity index (χ3n) is 5.02. The lowest BCUT2D eigenvalue weighted by Gasteiger charge is -2.21. The standard InChI is InChI=1S/C21H20FN3O4S2/c1-12-8-15-9-14(4-6-18(15)25(12)31(3,27)28)20(26)24-21-23-17(11-30-21)13-5-7-19(29-2)16(22)10-13/h4-7,9-12H,8H2,1-3H3,(H,23,24,26). The van der Waals surface area contributed by atoms with Crippen LogP contribution in [0.4, 0.5) is 15.2 Å². The molecule has 2 heterocycles. The Morgan fingerprint density at radius 1 is 1.29 bits per heavy atom. The minimum Gasteiger partial charge on any atom is -0.494 e. The number of hydrogen-bond acceptors (Lipinski definition) is 6. The molecule has 0 aliphatic carbocycles. The molecule has 1 aliphatic rings. The molecule has 162 valence electrons. The second kappa shape index (κ2) is 7.93. The van der Waals surface area contributed by atoms with Crippen molar-refractivity contribution in [3.63, 3.8) is 0 Å². The average molecular weight is 462 g/mol. The second-order valence-corrected chi connectivity index (χ2v) is 10.0. The Bertz CT molecular complexity index is 1270. The van der Waals surface area contributed by atoms with Gasteiger partial charge in [0.05, 0.1) is 24.7 Å². The van der Waals surface area contributed by atoms with Crippen LogP contribution in [0, 0.1) is 5.82 Å². The molecule has 1 aliphatic heterocycles. The number of amides is 1. The maximum atomic E-state index is 14.0. The summed E-state index contributed by atoms with van der Waals surface area (Å²) in [5.41, 5.74) is 2.92. The van der Waals surface area contributed by atoms with Gasteiger partial charge in [0.1, 0.15) is 0 Å². The Morgan fingerprint density at radius 2 is 2.06 bits per heavy atom. The third kappa shape index (κ3) is 4.13. The summed E-state index contributed by atoms with van der Waals surface area (Å²) in [7, 11) is -1.99. The lowest BCUT2D eigenvalue weighted by atomic mass is 10.1. The summed E-state index contributed by atoms with van der Waals surface area (Å²) < 4.78 is 44.4. The lowest BCUT2D eigenvalue weighted by Crippen LogP contribution is -2.34. The van der Waals surface area contributed by atoms with Gasteiger partial charge in [-0.1, -0.05) is 0 Å². The Balaban J connectivity index is 1.53. The topological polar surface area (TPSA) is 88.6 Å². The molecule has 4 rings (SSSR count). The number of rotatable bonds is 5. The number of benzene rings is 2. The summed E-state index contributed by atoms with van der Waals surface area (Å²) in [5, 5.41) is 4.85. The van der Waals surface area contributed by atoms with Crippen LogP contribution >= 0.6 is 11.3 Å². The number of hydrogen-bond donors (Lipinski definition) is 1. The molecule has 0 spiro atoms. The maximum absolute atomic E-state index is 14.0. The smallest absolute Gasteiger partial charge is 0.257 e. The summed E-state index contributed by atoms with van der Waals surface area (Å²) in [6.45, 7) is 1.83. The molecule has 1 atom stereocenters. The van der Waals surface area contributed by atoms with Crippen LogP contribution in [-0.4, -0.2) is 38.7 Å². The van der Waals surface area contributed by atoms with Crippen molar-refractivity contribution in [2.75, 3.05) is 23.0 Å². The molecule has 0 radical (unpaired) electrons. The van der Waals surface area contributed by atoms with E-state index in [1.165, 1.54) is 41.1 Å². The Labute approximate surface area is 183 Å². The highest BCUT2D eigenvalue weighted by molar-refractivity contribution is 7.92. The highest BCUT2D eigenvalue weighted by Crippen LogP contribution is 2.35. The summed E-state index contributed by atoms with van der Waals surface area (Å²) in [5.74, 6) is -0.697. The number of sulfonamides is 1. The van der Waals surface area contributed by atoms with Gasteiger partial charge >= 0.3 is 0 Å². The van der Waals surface area contributed by atoms with E-state index in [9.17, 15) is 17.6 Å². The predicted octanol–water partition coefficient (Wildman–Crippen LogP) is 3.92. The number of aromatic nitrogens is 1. The first kappa shape index (κ1) is 21.3. The van der Waals surface area contributed by atoms with E-state index in [1.807, 2.05) is 6.92 Å². The number of fused-ring (bicyclic) bond motifs is 1. The van der Waals surface area contributed by atoms with Gasteiger partial charge < -0.3 is 4.74 Å². The Kier molecular flexibility index (Phi) is 5.44. The van der Waals surface area contributed by atoms with Crippen LogP contribution in [0.2, 0.25) is 0 Å². The van der Waals surface area contributed by atoms with Crippen LogP contribution in [0.3, 0.4) is 0 Å². The van der Waals surface area contributed by atoms with Crippen LogP contribution in [0.15, 0.2) is 41.8 Å². The zero-order valence-corrected chi connectivity index (χ0v) is 18.7. The van der Waals surface area contributed by atoms with Crippen LogP contribution in [-0.2, 0) is 16.4 Å². The number of nitrogens with one attached hydrogen (secondary N) is 1. The zero-order chi connectivity index (χ0) is 22.3. The van der Waals surface area contributed by atoms with E-state index >= 15 is 0 Å². The fraction of sp³-hybridized carbons (Fsp3) is 0.238. The van der Waals surface area contributed by atoms with Crippen LogP contribution in [0.25, 0.3) is 11.3 Å². The monoisotopic (exact) mass is 461 g/mol. The predicted molar refractivity (Wildman–Crippen MR) is 119 cm³/mol. The molecule has 1 aromatic heterocycles. The molecule has 31 heavy (non-hydrogen) atoms. The fourth-order valence-corrected chi connectivity index (χ4v) is 5.69. The van der Waals surface area contributed by atoms with Crippen molar-refractivity contribution in [3.8, 4) is 17.0 Å². The van der Waals surface area contributed by atoms with Gasteiger partial charge in [0.2, 0.25) is 10.0 Å². The molecule has 1 amide bonds. The molecule has 1 N–H and O–H groups in total. The van der Waals surface area contributed by atoms with E-state index in [4.69, 9.17) is 4.74 Å². The summed E-state index contributed by atoms with van der Waals surface area (Å²) in [6, 6.07) is 9.30. The molecular formula is C21H20FN3O4S2. The summed E-state index contributed by atoms with van der Waals surface area (Å²) >= 11 is 1.23. The SMILES string of the molecule is COc1ccc(-c2csc(NC(=O)c3ccc4c(c3)CC(C)N4S(C)(=O)=O)n2)cc1F. The highest BCUT2D eigenvalue weighted by atomic mass is 32.2. The van der Waals surface area contributed by atoms with Gasteiger partial charge in [0, 0.05) is 22.5 Å². The number of ether oxygens (including phenoxy) is 1. The minimum absolute atomic E-state index is 0.146. The van der Waals surface area contributed by atoms with Crippen molar-refractivity contribution in [1.82, 2.24) is 4.98 Å². The quantitative estimate of drug-likeness (QED) is 0.622. The lowest BCUT2D eigenvalue weighted by molar-refractivity contribution is 0.102. The van der Waals surface area contributed by atoms with Crippen molar-refractivity contribution in [3.05, 3.63) is 58.7 Å². The van der Waals surface area contributed by atoms with Crippen molar-refractivity contribution in [1.29, 1.82) is 0 Å². The molecule has 0 bridgehead atoms. The molecule has 7 nitrogen and oxygen atoms in total. The highest BCUT2D eigenvalue weighted by Gasteiger charge is 2.32. The van der Waals surface area contributed by atoms with E-state index < -0.39 is 15.8 Å². The van der Waals surface area contributed by atoms with E-state index in [-0.39, 0.29) is 17.7 Å². The fourth-order valence-electron chi connectivity index (χ4n) is 3.71. The zero-order valence-electron chi connectivity index (χ0n) is 17.0. The van der Waals surface area contributed by atoms with E-state index in [2.05, 4.69) is 10.3 Å². The number of anilines is 2. The van der Waals surface area contributed by atoms with Gasteiger partial charge in [-0.25, -0.2) is 17.8 Å². The molecule has 0 saturated carbocycles. The van der Waals surface area contributed by atoms with E-state index in [0.717, 1.165) is 5.56 Å². The molecule has 2 aromatic carbocycles.